The summed E-state index contributed by atoms with van der Waals surface area (Å²) >= 11 is 0. The Kier molecular flexibility index (Phi) is 6.01. The van der Waals surface area contributed by atoms with Crippen LogP contribution in [0.2, 0.25) is 0 Å². The Bertz CT molecular complexity index is 2650. The van der Waals surface area contributed by atoms with Crippen LogP contribution in [0, 0.1) is 0 Å². The van der Waals surface area contributed by atoms with Gasteiger partial charge in [-0.1, -0.05) is 137 Å². The van der Waals surface area contributed by atoms with Crippen molar-refractivity contribution in [2.75, 3.05) is 4.90 Å². The van der Waals surface area contributed by atoms with Gasteiger partial charge >= 0.3 is 0 Å². The Morgan fingerprint density at radius 1 is 0.440 bits per heavy atom. The Morgan fingerprint density at radius 3 is 1.84 bits per heavy atom. The lowest BCUT2D eigenvalue weighted by Gasteiger charge is -2.31. The first-order chi connectivity index (χ1) is 24.4. The number of rotatable bonds is 4. The van der Waals surface area contributed by atoms with Crippen LogP contribution in [0.3, 0.4) is 0 Å². The van der Waals surface area contributed by atoms with E-state index < -0.39 is 0 Å². The van der Waals surface area contributed by atoms with Crippen molar-refractivity contribution in [1.29, 1.82) is 0 Å². The maximum Gasteiger partial charge on any atom is 0.0562 e. The van der Waals surface area contributed by atoms with Crippen molar-refractivity contribution in [2.24, 2.45) is 0 Å². The fourth-order valence-corrected chi connectivity index (χ4v) is 9.20. The molecule has 0 atom stereocenters. The summed E-state index contributed by atoms with van der Waals surface area (Å²) < 4.78 is 2.42. The molecule has 2 nitrogen and oxygen atoms in total. The van der Waals surface area contributed by atoms with Crippen LogP contribution in [0.1, 0.15) is 49.9 Å². The molecule has 1 heterocycles. The molecule has 0 fully saturated rings. The average Bonchev–Trinajstić information content (AvgIpc) is 3.70. The quantitative estimate of drug-likeness (QED) is 0.185. The third kappa shape index (κ3) is 3.85. The minimum atomic E-state index is -0.115. The first-order valence-electron chi connectivity index (χ1n) is 17.7. The highest BCUT2D eigenvalue weighted by atomic mass is 15.2. The molecule has 2 aliphatic carbocycles. The molecule has 0 radical (unpaired) electrons. The maximum absolute atomic E-state index is 2.56. The van der Waals surface area contributed by atoms with Gasteiger partial charge in [0.05, 0.1) is 22.4 Å². The van der Waals surface area contributed by atoms with Crippen molar-refractivity contribution in [2.45, 2.75) is 38.5 Å². The first-order valence-corrected chi connectivity index (χ1v) is 17.7. The molecule has 0 unspecified atom stereocenters. The van der Waals surface area contributed by atoms with E-state index >= 15 is 0 Å². The van der Waals surface area contributed by atoms with E-state index in [1.165, 1.54) is 83.4 Å². The number of hydrogen-bond donors (Lipinski definition) is 0. The molecule has 7 aromatic carbocycles. The Morgan fingerprint density at radius 2 is 1.02 bits per heavy atom. The van der Waals surface area contributed by atoms with Crippen LogP contribution in [-0.2, 0) is 10.8 Å². The van der Waals surface area contributed by atoms with Gasteiger partial charge in [0.15, 0.2) is 0 Å². The van der Waals surface area contributed by atoms with Crippen molar-refractivity contribution >= 4 is 38.9 Å². The fourth-order valence-electron chi connectivity index (χ4n) is 9.20. The third-order valence-electron chi connectivity index (χ3n) is 11.6. The lowest BCUT2D eigenvalue weighted by Crippen LogP contribution is -2.17. The van der Waals surface area contributed by atoms with Gasteiger partial charge in [-0.15, -0.1) is 0 Å². The molecule has 240 valence electrons. The summed E-state index contributed by atoms with van der Waals surface area (Å²) in [6.07, 6.45) is 0. The van der Waals surface area contributed by atoms with Crippen molar-refractivity contribution in [3.8, 4) is 27.9 Å². The first kappa shape index (κ1) is 29.1. The lowest BCUT2D eigenvalue weighted by atomic mass is 9.82. The predicted octanol–water partition coefficient (Wildman–Crippen LogP) is 12.9. The number of hydrogen-bond acceptors (Lipinski definition) is 1. The average molecular weight is 643 g/mol. The maximum atomic E-state index is 2.56. The zero-order valence-corrected chi connectivity index (χ0v) is 28.9. The largest absolute Gasteiger partial charge is 0.309 e. The van der Waals surface area contributed by atoms with E-state index in [9.17, 15) is 0 Å². The highest BCUT2D eigenvalue weighted by Gasteiger charge is 2.39. The number of para-hydroxylation sites is 2. The summed E-state index contributed by atoms with van der Waals surface area (Å²) in [5.74, 6) is 0. The molecule has 2 heteroatoms. The SMILES string of the molecule is CC1(C)c2ccccc2-c2ccc(N(c3cccc4c3-c3ccccc3C4(C)C)c3cccc4c3c3ccccc3n4-c3ccccc3)cc21. The molecule has 1 aromatic heterocycles. The monoisotopic (exact) mass is 642 g/mol. The predicted molar refractivity (Wildman–Crippen MR) is 211 cm³/mol. The molecular formula is C48H38N2. The van der Waals surface area contributed by atoms with Crippen molar-refractivity contribution in [3.63, 3.8) is 0 Å². The van der Waals surface area contributed by atoms with Gasteiger partial charge in [-0.2, -0.15) is 0 Å². The van der Waals surface area contributed by atoms with Crippen LogP contribution < -0.4 is 4.90 Å². The van der Waals surface area contributed by atoms with Gasteiger partial charge in [-0.3, -0.25) is 0 Å². The molecule has 50 heavy (non-hydrogen) atoms. The van der Waals surface area contributed by atoms with E-state index in [0.717, 1.165) is 5.69 Å². The number of fused-ring (bicyclic) bond motifs is 9. The smallest absolute Gasteiger partial charge is 0.0562 e. The van der Waals surface area contributed by atoms with Gasteiger partial charge in [-0.05, 0) is 87.5 Å². The van der Waals surface area contributed by atoms with Crippen LogP contribution in [0.15, 0.2) is 158 Å². The zero-order valence-electron chi connectivity index (χ0n) is 28.9. The second-order valence-corrected chi connectivity index (χ2v) is 15.0. The van der Waals surface area contributed by atoms with Crippen LogP contribution in [0.5, 0.6) is 0 Å². The standard InChI is InChI=1S/C48H38N2/c1-47(2)38-22-12-9-19-35(38)45-39(47)23-14-25-42(45)50(32-28-29-34-33-18-8-11-21-37(33)48(3,4)40(34)30-32)44-27-15-26-43-46(44)36-20-10-13-24-41(36)49(43)31-16-6-5-7-17-31/h5-30H,1-4H3. The molecule has 0 spiro atoms. The Hall–Kier alpha value is -5.86. The summed E-state index contributed by atoms with van der Waals surface area (Å²) in [6, 6.07) is 58.5. The van der Waals surface area contributed by atoms with Gasteiger partial charge in [0.2, 0.25) is 0 Å². The number of benzene rings is 7. The normalized spacial score (nSPS) is 14.7. The molecule has 10 rings (SSSR count). The van der Waals surface area contributed by atoms with E-state index in [1.807, 2.05) is 0 Å². The van der Waals surface area contributed by atoms with Crippen LogP contribution in [-0.4, -0.2) is 4.57 Å². The van der Waals surface area contributed by atoms with E-state index in [1.54, 1.807) is 0 Å². The highest BCUT2D eigenvalue weighted by Crippen LogP contribution is 2.56. The van der Waals surface area contributed by atoms with Gasteiger partial charge in [0.25, 0.3) is 0 Å². The molecule has 0 N–H and O–H groups in total. The van der Waals surface area contributed by atoms with Crippen LogP contribution >= 0.6 is 0 Å². The Balaban J connectivity index is 1.31. The van der Waals surface area contributed by atoms with Crippen molar-refractivity contribution in [3.05, 3.63) is 180 Å². The minimum Gasteiger partial charge on any atom is -0.309 e. The summed E-state index contributed by atoms with van der Waals surface area (Å²) in [5, 5.41) is 2.49. The summed E-state index contributed by atoms with van der Waals surface area (Å²) in [7, 11) is 0. The molecule has 0 saturated carbocycles. The second kappa shape index (κ2) is 10.3. The number of nitrogens with zero attached hydrogens (tertiary/aromatic N) is 2. The molecule has 0 saturated heterocycles. The number of anilines is 3. The van der Waals surface area contributed by atoms with Gasteiger partial charge in [-0.25, -0.2) is 0 Å². The van der Waals surface area contributed by atoms with Gasteiger partial charge < -0.3 is 9.47 Å². The molecule has 2 aliphatic rings. The third-order valence-corrected chi connectivity index (χ3v) is 11.6. The summed E-state index contributed by atoms with van der Waals surface area (Å²) in [6.45, 7) is 9.49. The molecule has 0 aliphatic heterocycles. The van der Waals surface area contributed by atoms with Crippen LogP contribution in [0.4, 0.5) is 17.1 Å². The molecule has 0 amide bonds. The zero-order chi connectivity index (χ0) is 33.8. The van der Waals surface area contributed by atoms with E-state index in [2.05, 4.69) is 195 Å². The molecule has 8 aromatic rings. The van der Waals surface area contributed by atoms with E-state index in [4.69, 9.17) is 0 Å². The van der Waals surface area contributed by atoms with Gasteiger partial charge in [0, 0.05) is 38.5 Å². The minimum absolute atomic E-state index is 0.107. The van der Waals surface area contributed by atoms with Gasteiger partial charge in [0.1, 0.15) is 0 Å². The van der Waals surface area contributed by atoms with E-state index in [-0.39, 0.29) is 10.8 Å². The second-order valence-electron chi connectivity index (χ2n) is 15.0. The number of aromatic nitrogens is 1. The topological polar surface area (TPSA) is 8.17 Å². The van der Waals surface area contributed by atoms with Crippen molar-refractivity contribution in [1.82, 2.24) is 4.57 Å². The molecular weight excluding hydrogens is 605 g/mol. The van der Waals surface area contributed by atoms with E-state index in [0.29, 0.717) is 0 Å². The van der Waals surface area contributed by atoms with Crippen molar-refractivity contribution < 1.29 is 0 Å². The highest BCUT2D eigenvalue weighted by molar-refractivity contribution is 6.17. The Labute approximate surface area is 293 Å². The molecule has 0 bridgehead atoms. The summed E-state index contributed by atoms with van der Waals surface area (Å²) in [5.41, 5.74) is 17.7. The lowest BCUT2D eigenvalue weighted by molar-refractivity contribution is 0.660. The summed E-state index contributed by atoms with van der Waals surface area (Å²) in [4.78, 5) is 2.56. The van der Waals surface area contributed by atoms with Crippen LogP contribution in [0.25, 0.3) is 49.7 Å². The fraction of sp³-hybridized carbons (Fsp3) is 0.125.